The molecule has 168 valence electrons. The lowest BCUT2D eigenvalue weighted by Gasteiger charge is -2.20. The predicted octanol–water partition coefficient (Wildman–Crippen LogP) is 6.75. The zero-order valence-electron chi connectivity index (χ0n) is 19.2. The molecular formula is C29H25N3OS. The zero-order valence-corrected chi connectivity index (χ0v) is 20.0. The van der Waals surface area contributed by atoms with Crippen molar-refractivity contribution in [2.45, 2.75) is 26.8 Å². The highest BCUT2D eigenvalue weighted by Gasteiger charge is 2.22. The Bertz CT molecular complexity index is 1430. The zero-order chi connectivity index (χ0) is 23.5. The van der Waals surface area contributed by atoms with Crippen LogP contribution in [0.3, 0.4) is 0 Å². The molecule has 0 spiro atoms. The first-order valence-corrected chi connectivity index (χ1v) is 12.1. The van der Waals surface area contributed by atoms with Crippen LogP contribution in [0.2, 0.25) is 0 Å². The molecule has 2 aromatic heterocycles. The maximum Gasteiger partial charge on any atom is 0.260 e. The fourth-order valence-electron chi connectivity index (χ4n) is 4.13. The Kier molecular flexibility index (Phi) is 6.19. The van der Waals surface area contributed by atoms with Gasteiger partial charge in [0.25, 0.3) is 5.91 Å². The molecular weight excluding hydrogens is 438 g/mol. The summed E-state index contributed by atoms with van der Waals surface area (Å²) in [4.78, 5) is 24.6. The van der Waals surface area contributed by atoms with E-state index in [4.69, 9.17) is 4.98 Å². The average molecular weight is 464 g/mol. The third-order valence-electron chi connectivity index (χ3n) is 5.80. The van der Waals surface area contributed by atoms with Crippen molar-refractivity contribution < 1.29 is 4.79 Å². The Morgan fingerprint density at radius 2 is 1.62 bits per heavy atom. The first-order chi connectivity index (χ1) is 16.6. The second-order valence-electron chi connectivity index (χ2n) is 8.54. The molecule has 0 atom stereocenters. The molecule has 0 unspecified atom stereocenters. The van der Waals surface area contributed by atoms with Gasteiger partial charge in [-0.2, -0.15) is 0 Å². The predicted molar refractivity (Wildman–Crippen MR) is 140 cm³/mol. The van der Waals surface area contributed by atoms with Crippen LogP contribution in [0.1, 0.15) is 38.2 Å². The van der Waals surface area contributed by atoms with Crippen molar-refractivity contribution in [1.29, 1.82) is 0 Å². The van der Waals surface area contributed by atoms with Crippen LogP contribution in [0.4, 0.5) is 5.13 Å². The van der Waals surface area contributed by atoms with E-state index in [-0.39, 0.29) is 5.91 Å². The van der Waals surface area contributed by atoms with Crippen LogP contribution in [-0.4, -0.2) is 15.9 Å². The van der Waals surface area contributed by atoms with Gasteiger partial charge < -0.3 is 0 Å². The molecule has 4 nitrogen and oxygen atoms in total. The number of carbonyl (C=O) groups is 1. The van der Waals surface area contributed by atoms with Crippen molar-refractivity contribution in [3.8, 4) is 0 Å². The number of thiazole rings is 1. The summed E-state index contributed by atoms with van der Waals surface area (Å²) in [6, 6.07) is 26.4. The normalized spacial score (nSPS) is 11.0. The van der Waals surface area contributed by atoms with E-state index in [0.717, 1.165) is 22.2 Å². The van der Waals surface area contributed by atoms with Gasteiger partial charge in [0.1, 0.15) is 0 Å². The summed E-state index contributed by atoms with van der Waals surface area (Å²) in [6.45, 7) is 4.58. The van der Waals surface area contributed by atoms with Gasteiger partial charge in [-0.15, -0.1) is 0 Å². The van der Waals surface area contributed by atoms with Gasteiger partial charge in [-0.3, -0.25) is 14.7 Å². The number of benzene rings is 3. The molecule has 0 fully saturated rings. The molecule has 0 bridgehead atoms. The van der Waals surface area contributed by atoms with E-state index in [9.17, 15) is 4.79 Å². The Morgan fingerprint density at radius 3 is 2.35 bits per heavy atom. The summed E-state index contributed by atoms with van der Waals surface area (Å²) >= 11 is 1.56. The van der Waals surface area contributed by atoms with Crippen LogP contribution in [0.5, 0.6) is 0 Å². The highest BCUT2D eigenvalue weighted by molar-refractivity contribution is 7.22. The van der Waals surface area contributed by atoms with Crippen LogP contribution in [0, 0.1) is 13.8 Å². The van der Waals surface area contributed by atoms with Crippen molar-refractivity contribution in [3.63, 3.8) is 0 Å². The number of aryl methyl sites for hydroxylation is 2. The highest BCUT2D eigenvalue weighted by atomic mass is 32.1. The number of hydrogen-bond donors (Lipinski definition) is 0. The average Bonchev–Trinajstić information content (AvgIpc) is 3.28. The molecule has 0 aliphatic rings. The number of aromatic nitrogens is 2. The monoisotopic (exact) mass is 463 g/mol. The lowest BCUT2D eigenvalue weighted by molar-refractivity contribution is 0.0985. The molecule has 0 aliphatic heterocycles. The van der Waals surface area contributed by atoms with Crippen LogP contribution in [0.25, 0.3) is 10.2 Å². The van der Waals surface area contributed by atoms with Crippen molar-refractivity contribution in [1.82, 2.24) is 9.97 Å². The van der Waals surface area contributed by atoms with Gasteiger partial charge in [0, 0.05) is 18.0 Å². The second kappa shape index (κ2) is 9.57. The summed E-state index contributed by atoms with van der Waals surface area (Å²) in [5.74, 6) is -0.0662. The molecule has 0 N–H and O–H groups in total. The first kappa shape index (κ1) is 22.0. The summed E-state index contributed by atoms with van der Waals surface area (Å²) in [5, 5.41) is 0.700. The first-order valence-electron chi connectivity index (χ1n) is 11.3. The standard InChI is InChI=1S/C29H25N3OS/c1-20-15-21(2)27-26(16-20)31-29(34-27)32(19-24-9-6-14-30-18-24)28(33)25-12-10-23(11-13-25)17-22-7-4-3-5-8-22/h3-16,18H,17,19H2,1-2H3. The molecule has 0 aliphatic carbocycles. The number of carbonyl (C=O) groups excluding carboxylic acids is 1. The van der Waals surface area contributed by atoms with Crippen LogP contribution < -0.4 is 4.90 Å². The van der Waals surface area contributed by atoms with Crippen molar-refractivity contribution in [3.05, 3.63) is 125 Å². The van der Waals surface area contributed by atoms with Gasteiger partial charge in [-0.05, 0) is 72.4 Å². The molecule has 34 heavy (non-hydrogen) atoms. The van der Waals surface area contributed by atoms with Gasteiger partial charge >= 0.3 is 0 Å². The number of nitrogens with zero attached hydrogens (tertiary/aromatic N) is 3. The molecule has 3 aromatic carbocycles. The van der Waals surface area contributed by atoms with E-state index in [2.05, 4.69) is 43.1 Å². The lowest BCUT2D eigenvalue weighted by atomic mass is 10.0. The van der Waals surface area contributed by atoms with Crippen LogP contribution in [0.15, 0.2) is 91.3 Å². The molecule has 0 saturated carbocycles. The molecule has 0 radical (unpaired) electrons. The number of anilines is 1. The van der Waals surface area contributed by atoms with E-state index in [0.29, 0.717) is 17.2 Å². The smallest absolute Gasteiger partial charge is 0.260 e. The third kappa shape index (κ3) is 4.75. The summed E-state index contributed by atoms with van der Waals surface area (Å²) in [6.07, 6.45) is 4.38. The van der Waals surface area contributed by atoms with Crippen molar-refractivity contribution in [2.75, 3.05) is 4.90 Å². The Morgan fingerprint density at radius 1 is 0.882 bits per heavy atom. The van der Waals surface area contributed by atoms with Crippen LogP contribution >= 0.6 is 11.3 Å². The topological polar surface area (TPSA) is 46.1 Å². The van der Waals surface area contributed by atoms with E-state index in [1.165, 1.54) is 22.3 Å². The SMILES string of the molecule is Cc1cc(C)c2sc(N(Cc3cccnc3)C(=O)c3ccc(Cc4ccccc4)cc3)nc2c1. The minimum Gasteiger partial charge on any atom is -0.279 e. The quantitative estimate of drug-likeness (QED) is 0.280. The fraction of sp³-hybridized carbons (Fsp3) is 0.138. The number of pyridine rings is 1. The summed E-state index contributed by atoms with van der Waals surface area (Å²) in [5.41, 5.74) is 7.31. The van der Waals surface area contributed by atoms with Crippen molar-refractivity contribution in [2.24, 2.45) is 0 Å². The molecule has 5 aromatic rings. The molecule has 2 heterocycles. The van der Waals surface area contributed by atoms with Crippen LogP contribution in [-0.2, 0) is 13.0 Å². The minimum absolute atomic E-state index is 0.0662. The van der Waals surface area contributed by atoms with Gasteiger partial charge in [0.05, 0.1) is 16.8 Å². The molecule has 0 saturated heterocycles. The lowest BCUT2D eigenvalue weighted by Crippen LogP contribution is -2.30. The second-order valence-corrected chi connectivity index (χ2v) is 9.52. The number of amides is 1. The highest BCUT2D eigenvalue weighted by Crippen LogP contribution is 2.33. The summed E-state index contributed by atoms with van der Waals surface area (Å²) in [7, 11) is 0. The number of hydrogen-bond acceptors (Lipinski definition) is 4. The minimum atomic E-state index is -0.0662. The fourth-order valence-corrected chi connectivity index (χ4v) is 5.15. The van der Waals surface area contributed by atoms with Gasteiger partial charge in [0.15, 0.2) is 5.13 Å². The van der Waals surface area contributed by atoms with Gasteiger partial charge in [-0.25, -0.2) is 4.98 Å². The van der Waals surface area contributed by atoms with Gasteiger partial charge in [-0.1, -0.05) is 65.9 Å². The van der Waals surface area contributed by atoms with E-state index < -0.39 is 0 Å². The van der Waals surface area contributed by atoms with Gasteiger partial charge in [0.2, 0.25) is 0 Å². The van der Waals surface area contributed by atoms with E-state index in [1.807, 2.05) is 54.6 Å². The summed E-state index contributed by atoms with van der Waals surface area (Å²) < 4.78 is 1.11. The molecule has 1 amide bonds. The Balaban J connectivity index is 1.47. The maximum atomic E-state index is 13.7. The molecule has 5 rings (SSSR count). The maximum absolute atomic E-state index is 13.7. The largest absolute Gasteiger partial charge is 0.279 e. The van der Waals surface area contributed by atoms with E-state index >= 15 is 0 Å². The molecule has 5 heteroatoms. The number of fused-ring (bicyclic) bond motifs is 1. The Labute approximate surface area is 203 Å². The Hall–Kier alpha value is -3.83. The van der Waals surface area contributed by atoms with Crippen molar-refractivity contribution >= 4 is 32.6 Å². The van der Waals surface area contributed by atoms with E-state index in [1.54, 1.807) is 28.6 Å². The number of rotatable bonds is 6. The third-order valence-corrected chi connectivity index (χ3v) is 7.03.